The maximum Gasteiger partial charge on any atom is 0.231 e. The van der Waals surface area contributed by atoms with Gasteiger partial charge in [-0.2, -0.15) is 0 Å². The first kappa shape index (κ1) is 21.4. The van der Waals surface area contributed by atoms with Crippen LogP contribution in [0.15, 0.2) is 75.8 Å². The van der Waals surface area contributed by atoms with Crippen LogP contribution >= 0.6 is 23.1 Å². The number of carbonyl (C=O) groups is 1. The number of nitrogens with zero attached hydrogens (tertiary/aromatic N) is 3. The molecule has 31 heavy (non-hydrogen) atoms. The Bertz CT molecular complexity index is 1080. The number of benzene rings is 1. The van der Waals surface area contributed by atoms with E-state index < -0.39 is 0 Å². The minimum Gasteiger partial charge on any atom is -0.467 e. The van der Waals surface area contributed by atoms with Gasteiger partial charge in [0.05, 0.1) is 18.1 Å². The normalized spacial score (nSPS) is 12.0. The van der Waals surface area contributed by atoms with Gasteiger partial charge in [0.25, 0.3) is 0 Å². The zero-order chi connectivity index (χ0) is 21.5. The van der Waals surface area contributed by atoms with E-state index in [-0.39, 0.29) is 17.7 Å². The molecule has 0 aliphatic carbocycles. The molecule has 3 heterocycles. The second-order valence-corrected chi connectivity index (χ2v) is 9.11. The largest absolute Gasteiger partial charge is 0.467 e. The van der Waals surface area contributed by atoms with Gasteiger partial charge in [-0.15, -0.1) is 21.5 Å². The van der Waals surface area contributed by atoms with Crippen LogP contribution in [0.2, 0.25) is 0 Å². The Morgan fingerprint density at radius 1 is 1.16 bits per heavy atom. The number of thioether (sulfide) groups is 1. The molecule has 0 fully saturated rings. The zero-order valence-electron chi connectivity index (χ0n) is 17.2. The van der Waals surface area contributed by atoms with E-state index in [2.05, 4.69) is 43.7 Å². The van der Waals surface area contributed by atoms with Crippen molar-refractivity contribution >= 4 is 29.0 Å². The van der Waals surface area contributed by atoms with Gasteiger partial charge in [-0.05, 0) is 42.5 Å². The van der Waals surface area contributed by atoms with Crippen molar-refractivity contribution in [3.05, 3.63) is 88.3 Å². The fraction of sp³-hybridized carbons (Fsp3) is 0.261. The fourth-order valence-corrected chi connectivity index (χ4v) is 4.75. The average molecular weight is 453 g/mol. The van der Waals surface area contributed by atoms with Crippen LogP contribution in [0.25, 0.3) is 0 Å². The molecule has 0 radical (unpaired) electrons. The zero-order valence-corrected chi connectivity index (χ0v) is 18.9. The standard InChI is InChI=1S/C23H24N4O2S2/c1-17(20-10-5-13-29-20)24-22(28)16-31-23-26-25-21(15-19-9-6-14-30-19)27(23)12-11-18-7-3-2-4-8-18/h2-10,13-14,17H,11-12,15-16H2,1H3,(H,24,28). The van der Waals surface area contributed by atoms with Crippen molar-refractivity contribution < 1.29 is 9.21 Å². The average Bonchev–Trinajstić information content (AvgIpc) is 3.55. The lowest BCUT2D eigenvalue weighted by atomic mass is 10.1. The number of hydrogen-bond acceptors (Lipinski definition) is 6. The van der Waals surface area contributed by atoms with Crippen LogP contribution in [0.1, 0.15) is 35.0 Å². The summed E-state index contributed by atoms with van der Waals surface area (Å²) in [5, 5.41) is 14.6. The van der Waals surface area contributed by atoms with E-state index in [0.29, 0.717) is 0 Å². The maximum atomic E-state index is 12.4. The highest BCUT2D eigenvalue weighted by molar-refractivity contribution is 7.99. The highest BCUT2D eigenvalue weighted by atomic mass is 32.2. The maximum absolute atomic E-state index is 12.4. The second kappa shape index (κ2) is 10.5. The van der Waals surface area contributed by atoms with Crippen LogP contribution in [-0.4, -0.2) is 26.4 Å². The Labute approximate surface area is 189 Å². The van der Waals surface area contributed by atoms with E-state index in [4.69, 9.17) is 4.42 Å². The molecule has 0 saturated carbocycles. The second-order valence-electron chi connectivity index (χ2n) is 7.14. The Morgan fingerprint density at radius 2 is 2.03 bits per heavy atom. The Balaban J connectivity index is 1.42. The summed E-state index contributed by atoms with van der Waals surface area (Å²) in [5.41, 5.74) is 1.26. The van der Waals surface area contributed by atoms with Gasteiger partial charge in [0.15, 0.2) is 5.16 Å². The molecule has 0 bridgehead atoms. The molecule has 1 amide bonds. The van der Waals surface area contributed by atoms with Gasteiger partial charge in [-0.3, -0.25) is 4.79 Å². The third-order valence-electron chi connectivity index (χ3n) is 4.85. The van der Waals surface area contributed by atoms with Crippen molar-refractivity contribution in [3.63, 3.8) is 0 Å². The smallest absolute Gasteiger partial charge is 0.231 e. The van der Waals surface area contributed by atoms with Crippen molar-refractivity contribution in [1.29, 1.82) is 0 Å². The van der Waals surface area contributed by atoms with Crippen LogP contribution in [-0.2, 0) is 24.2 Å². The van der Waals surface area contributed by atoms with Gasteiger partial charge in [0.2, 0.25) is 5.91 Å². The lowest BCUT2D eigenvalue weighted by Gasteiger charge is -2.12. The Hall–Kier alpha value is -2.84. The number of hydrogen-bond donors (Lipinski definition) is 1. The van der Waals surface area contributed by atoms with Crippen LogP contribution in [0.5, 0.6) is 0 Å². The van der Waals surface area contributed by atoms with E-state index in [1.807, 2.05) is 43.3 Å². The molecule has 1 N–H and O–H groups in total. The van der Waals surface area contributed by atoms with E-state index >= 15 is 0 Å². The number of carbonyl (C=O) groups excluding carboxylic acids is 1. The summed E-state index contributed by atoms with van der Waals surface area (Å²) in [5.74, 6) is 1.87. The molecule has 1 aromatic carbocycles. The summed E-state index contributed by atoms with van der Waals surface area (Å²) in [6.07, 6.45) is 3.23. The summed E-state index contributed by atoms with van der Waals surface area (Å²) in [7, 11) is 0. The van der Waals surface area contributed by atoms with E-state index in [1.165, 1.54) is 22.2 Å². The van der Waals surface area contributed by atoms with Crippen molar-refractivity contribution in [2.45, 2.75) is 37.5 Å². The van der Waals surface area contributed by atoms with Crippen LogP contribution in [0.4, 0.5) is 0 Å². The summed E-state index contributed by atoms with van der Waals surface area (Å²) in [6.45, 7) is 2.67. The number of nitrogens with one attached hydrogen (secondary N) is 1. The molecule has 6 nitrogen and oxygen atoms in total. The van der Waals surface area contributed by atoms with E-state index in [0.717, 1.165) is 36.1 Å². The molecule has 0 aliphatic heterocycles. The highest BCUT2D eigenvalue weighted by Crippen LogP contribution is 2.22. The number of amides is 1. The fourth-order valence-electron chi connectivity index (χ4n) is 3.26. The molecule has 0 spiro atoms. The number of aryl methyl sites for hydroxylation is 1. The van der Waals surface area contributed by atoms with E-state index in [9.17, 15) is 4.79 Å². The molecular weight excluding hydrogens is 428 g/mol. The molecule has 160 valence electrons. The predicted molar refractivity (Wildman–Crippen MR) is 123 cm³/mol. The number of thiophene rings is 1. The molecule has 4 aromatic rings. The first-order valence-electron chi connectivity index (χ1n) is 10.1. The van der Waals surface area contributed by atoms with Gasteiger partial charge < -0.3 is 14.3 Å². The summed E-state index contributed by atoms with van der Waals surface area (Å²) in [4.78, 5) is 13.7. The number of furan rings is 1. The van der Waals surface area contributed by atoms with Gasteiger partial charge >= 0.3 is 0 Å². The first-order valence-corrected chi connectivity index (χ1v) is 12.0. The predicted octanol–water partition coefficient (Wildman–Crippen LogP) is 4.74. The minimum absolute atomic E-state index is 0.0636. The van der Waals surface area contributed by atoms with E-state index in [1.54, 1.807) is 17.6 Å². The van der Waals surface area contributed by atoms with Crippen molar-refractivity contribution in [2.75, 3.05) is 5.75 Å². The third-order valence-corrected chi connectivity index (χ3v) is 6.70. The minimum atomic E-state index is -0.173. The van der Waals surface area contributed by atoms with Gasteiger partial charge in [0, 0.05) is 17.8 Å². The van der Waals surface area contributed by atoms with Crippen molar-refractivity contribution in [2.24, 2.45) is 0 Å². The molecular formula is C23H24N4O2S2. The highest BCUT2D eigenvalue weighted by Gasteiger charge is 2.17. The van der Waals surface area contributed by atoms with Crippen molar-refractivity contribution in [1.82, 2.24) is 20.1 Å². The molecule has 1 atom stereocenters. The molecule has 0 saturated heterocycles. The first-order chi connectivity index (χ1) is 15.2. The monoisotopic (exact) mass is 452 g/mol. The molecule has 1 unspecified atom stereocenters. The van der Waals surface area contributed by atoms with Crippen LogP contribution in [0, 0.1) is 0 Å². The molecule has 0 aliphatic rings. The summed E-state index contributed by atoms with van der Waals surface area (Å²) >= 11 is 3.13. The molecule has 3 aromatic heterocycles. The van der Waals surface area contributed by atoms with Gasteiger partial charge in [-0.1, -0.05) is 48.2 Å². The quantitative estimate of drug-likeness (QED) is 0.352. The topological polar surface area (TPSA) is 73.0 Å². The third kappa shape index (κ3) is 5.86. The number of rotatable bonds is 10. The number of aromatic nitrogens is 3. The van der Waals surface area contributed by atoms with Crippen LogP contribution in [0.3, 0.4) is 0 Å². The molecule has 4 rings (SSSR count). The summed E-state index contributed by atoms with van der Waals surface area (Å²) < 4.78 is 7.50. The van der Waals surface area contributed by atoms with Crippen LogP contribution < -0.4 is 5.32 Å². The lowest BCUT2D eigenvalue weighted by molar-refractivity contribution is -0.119. The Morgan fingerprint density at radius 3 is 2.77 bits per heavy atom. The summed E-state index contributed by atoms with van der Waals surface area (Å²) in [6, 6.07) is 18.0. The molecule has 8 heteroatoms. The lowest BCUT2D eigenvalue weighted by Crippen LogP contribution is -2.28. The Kier molecular flexibility index (Phi) is 7.22. The van der Waals surface area contributed by atoms with Crippen molar-refractivity contribution in [3.8, 4) is 0 Å². The van der Waals surface area contributed by atoms with Gasteiger partial charge in [0.1, 0.15) is 11.6 Å². The van der Waals surface area contributed by atoms with Gasteiger partial charge in [-0.25, -0.2) is 0 Å². The SMILES string of the molecule is CC(NC(=O)CSc1nnc(Cc2cccs2)n1CCc1ccccc1)c1ccco1.